The zero-order valence-electron chi connectivity index (χ0n) is 52.5. The van der Waals surface area contributed by atoms with Crippen LogP contribution in [0.15, 0.2) is 24.3 Å². The van der Waals surface area contributed by atoms with E-state index >= 15 is 0 Å². The van der Waals surface area contributed by atoms with Gasteiger partial charge in [-0.05, 0) is 44.9 Å². The van der Waals surface area contributed by atoms with E-state index in [0.29, 0.717) is 6.42 Å². The fourth-order valence-electron chi connectivity index (χ4n) is 11.6. The van der Waals surface area contributed by atoms with Gasteiger partial charge in [-0.2, -0.15) is 0 Å². The molecule has 2 rings (SSSR count). The number of aliphatic hydroxyl groups is 8. The molecule has 0 aromatic heterocycles. The third-order valence-corrected chi connectivity index (χ3v) is 17.1. The first-order valence-electron chi connectivity index (χ1n) is 34.6. The number of rotatable bonds is 57. The first-order valence-corrected chi connectivity index (χ1v) is 34.6. The van der Waals surface area contributed by atoms with Gasteiger partial charge in [0.05, 0.1) is 32.0 Å². The maximum Gasteiger partial charge on any atom is 0.220 e. The molecule has 1 amide bonds. The quantitative estimate of drug-likeness (QED) is 0.0204. The van der Waals surface area contributed by atoms with E-state index < -0.39 is 86.8 Å². The summed E-state index contributed by atoms with van der Waals surface area (Å²) in [6, 6.07) is -0.911. The van der Waals surface area contributed by atoms with E-state index in [1.807, 2.05) is 6.08 Å². The van der Waals surface area contributed by atoms with E-state index in [1.54, 1.807) is 6.08 Å². The number of carbonyl (C=O) groups is 1. The van der Waals surface area contributed by atoms with Crippen LogP contribution in [0.2, 0.25) is 0 Å². The molecule has 12 unspecified atom stereocenters. The van der Waals surface area contributed by atoms with Crippen LogP contribution in [-0.4, -0.2) is 140 Å². The van der Waals surface area contributed by atoms with Gasteiger partial charge >= 0.3 is 0 Å². The average molecular weight is 1170 g/mol. The van der Waals surface area contributed by atoms with Crippen LogP contribution in [0.5, 0.6) is 0 Å². The van der Waals surface area contributed by atoms with Crippen molar-refractivity contribution in [1.29, 1.82) is 0 Å². The van der Waals surface area contributed by atoms with Gasteiger partial charge in [-0.25, -0.2) is 0 Å². The van der Waals surface area contributed by atoms with E-state index in [1.165, 1.54) is 244 Å². The van der Waals surface area contributed by atoms with Crippen LogP contribution in [-0.2, 0) is 23.7 Å². The molecule has 82 heavy (non-hydrogen) atoms. The molecule has 484 valence electrons. The smallest absolute Gasteiger partial charge is 0.220 e. The van der Waals surface area contributed by atoms with Crippen LogP contribution in [0.3, 0.4) is 0 Å². The Balaban J connectivity index is 1.62. The second-order valence-corrected chi connectivity index (χ2v) is 24.7. The second kappa shape index (κ2) is 53.7. The Morgan fingerprint density at radius 1 is 0.427 bits per heavy atom. The summed E-state index contributed by atoms with van der Waals surface area (Å²) in [6.45, 7) is 2.83. The summed E-state index contributed by atoms with van der Waals surface area (Å²) in [6.07, 6.45) is 49.6. The van der Waals surface area contributed by atoms with E-state index in [0.717, 1.165) is 38.5 Å². The summed E-state index contributed by atoms with van der Waals surface area (Å²) < 4.78 is 22.8. The third kappa shape index (κ3) is 37.9. The fraction of sp³-hybridized carbons (Fsp3) is 0.926. The molecule has 2 aliphatic rings. The molecule has 2 saturated heterocycles. The minimum atomic E-state index is -1.79. The number of nitrogens with one attached hydrogen (secondary N) is 1. The lowest BCUT2D eigenvalue weighted by molar-refractivity contribution is -0.359. The number of unbranched alkanes of at least 4 members (excludes halogenated alkanes) is 42. The molecule has 2 heterocycles. The minimum Gasteiger partial charge on any atom is -0.394 e. The molecule has 0 radical (unpaired) electrons. The number of allylic oxidation sites excluding steroid dienone is 3. The zero-order valence-corrected chi connectivity index (χ0v) is 52.5. The number of aliphatic hydroxyl groups excluding tert-OH is 8. The van der Waals surface area contributed by atoms with Crippen LogP contribution in [0.4, 0.5) is 0 Å². The summed E-state index contributed by atoms with van der Waals surface area (Å²) in [7, 11) is 0. The van der Waals surface area contributed by atoms with E-state index in [2.05, 4.69) is 31.3 Å². The van der Waals surface area contributed by atoms with Crippen LogP contribution < -0.4 is 5.32 Å². The molecule has 14 heteroatoms. The van der Waals surface area contributed by atoms with Gasteiger partial charge in [-0.15, -0.1) is 0 Å². The molecule has 12 atom stereocenters. The predicted octanol–water partition coefficient (Wildman–Crippen LogP) is 13.6. The molecular weight excluding hydrogens is 1040 g/mol. The molecule has 0 aromatic rings. The first-order chi connectivity index (χ1) is 40.1. The van der Waals surface area contributed by atoms with Gasteiger partial charge in [0.15, 0.2) is 12.6 Å². The Bertz CT molecular complexity index is 1470. The average Bonchev–Trinajstić information content (AvgIpc) is 3.60. The Morgan fingerprint density at radius 3 is 1.16 bits per heavy atom. The molecule has 9 N–H and O–H groups in total. The van der Waals surface area contributed by atoms with Gasteiger partial charge in [0, 0.05) is 6.42 Å². The number of carbonyl (C=O) groups excluding carboxylic acids is 1. The lowest BCUT2D eigenvalue weighted by atomic mass is 9.97. The van der Waals surface area contributed by atoms with Crippen molar-refractivity contribution in [2.45, 2.75) is 383 Å². The minimum absolute atomic E-state index is 0.233. The lowest BCUT2D eigenvalue weighted by Crippen LogP contribution is -2.65. The molecule has 0 bridgehead atoms. The first kappa shape index (κ1) is 76.6. The van der Waals surface area contributed by atoms with Crippen molar-refractivity contribution >= 4 is 5.91 Å². The SMILES string of the molecule is CCCCCCCCCC/C=C\CCCCCCCCCCCCCCCCCCCCCCCC(=O)NC(COC1OC(CO)C(OC2OC(CO)C(O)C(O)C2O)C(O)C1O)C(O)/C=C/CCCCCCCCCCCCCCC. The van der Waals surface area contributed by atoms with Crippen molar-refractivity contribution in [1.82, 2.24) is 5.32 Å². The largest absolute Gasteiger partial charge is 0.394 e. The maximum atomic E-state index is 13.3. The predicted molar refractivity (Wildman–Crippen MR) is 332 cm³/mol. The summed E-state index contributed by atoms with van der Waals surface area (Å²) in [5.41, 5.74) is 0. The molecular formula is C68H129NO13. The van der Waals surface area contributed by atoms with Crippen LogP contribution >= 0.6 is 0 Å². The van der Waals surface area contributed by atoms with Crippen molar-refractivity contribution in [2.24, 2.45) is 0 Å². The van der Waals surface area contributed by atoms with E-state index in [-0.39, 0.29) is 18.9 Å². The van der Waals surface area contributed by atoms with Gasteiger partial charge in [-0.3, -0.25) is 4.79 Å². The summed E-state index contributed by atoms with van der Waals surface area (Å²) >= 11 is 0. The molecule has 2 fully saturated rings. The highest BCUT2D eigenvalue weighted by atomic mass is 16.7. The van der Waals surface area contributed by atoms with E-state index in [9.17, 15) is 45.6 Å². The van der Waals surface area contributed by atoms with Gasteiger partial charge in [0.25, 0.3) is 0 Å². The van der Waals surface area contributed by atoms with Gasteiger partial charge in [-0.1, -0.05) is 282 Å². The second-order valence-electron chi connectivity index (χ2n) is 24.7. The molecule has 0 aromatic carbocycles. The molecule has 2 aliphatic heterocycles. The van der Waals surface area contributed by atoms with Crippen molar-refractivity contribution in [2.75, 3.05) is 19.8 Å². The maximum absolute atomic E-state index is 13.3. The van der Waals surface area contributed by atoms with Crippen LogP contribution in [0.1, 0.15) is 309 Å². The van der Waals surface area contributed by atoms with Crippen molar-refractivity contribution in [3.63, 3.8) is 0 Å². The molecule has 14 nitrogen and oxygen atoms in total. The molecule has 0 spiro atoms. The third-order valence-electron chi connectivity index (χ3n) is 17.1. The number of hydrogen-bond acceptors (Lipinski definition) is 13. The highest BCUT2D eigenvalue weighted by Crippen LogP contribution is 2.30. The van der Waals surface area contributed by atoms with Crippen LogP contribution in [0, 0.1) is 0 Å². The molecule has 0 aliphatic carbocycles. The van der Waals surface area contributed by atoms with Crippen molar-refractivity contribution < 1.29 is 64.6 Å². The number of ether oxygens (including phenoxy) is 4. The topological polar surface area (TPSA) is 228 Å². The molecule has 0 saturated carbocycles. The Morgan fingerprint density at radius 2 is 0.768 bits per heavy atom. The highest BCUT2D eigenvalue weighted by molar-refractivity contribution is 5.76. The number of hydrogen-bond donors (Lipinski definition) is 9. The highest BCUT2D eigenvalue weighted by Gasteiger charge is 2.51. The summed E-state index contributed by atoms with van der Waals surface area (Å²) in [5.74, 6) is -0.233. The van der Waals surface area contributed by atoms with Gasteiger partial charge < -0.3 is 65.1 Å². The summed E-state index contributed by atoms with van der Waals surface area (Å²) in [5, 5.41) is 87.3. The summed E-state index contributed by atoms with van der Waals surface area (Å²) in [4.78, 5) is 13.3. The zero-order chi connectivity index (χ0) is 59.5. The van der Waals surface area contributed by atoms with Gasteiger partial charge in [0.1, 0.15) is 48.8 Å². The Kier molecular flexibility index (Phi) is 50.1. The monoisotopic (exact) mass is 1170 g/mol. The Labute approximate surface area is 500 Å². The van der Waals surface area contributed by atoms with E-state index in [4.69, 9.17) is 18.9 Å². The van der Waals surface area contributed by atoms with Crippen LogP contribution in [0.25, 0.3) is 0 Å². The van der Waals surface area contributed by atoms with Gasteiger partial charge in [0.2, 0.25) is 5.91 Å². The van der Waals surface area contributed by atoms with Crippen molar-refractivity contribution in [3.8, 4) is 0 Å². The fourth-order valence-corrected chi connectivity index (χ4v) is 11.6. The Hall–Kier alpha value is -1.53. The normalized spacial score (nSPS) is 24.0. The number of amides is 1. The van der Waals surface area contributed by atoms with Crippen molar-refractivity contribution in [3.05, 3.63) is 24.3 Å². The standard InChI is InChI=1S/C68H129NO13/c1-3-5-7-9-11-13-15-17-19-20-21-22-23-24-25-26-27-28-29-30-31-32-33-34-35-36-38-40-42-44-46-48-50-52-60(73)69-56(57(72)51-49-47-45-43-41-39-37-18-16-14-12-10-8-6-4-2)55-79-67-65(78)63(76)66(59(54-71)81-67)82-68-64(77)62(75)61(74)58(53-70)80-68/h20-21,49,51,56-59,61-68,70-72,74-78H,3-19,22-48,50,52-55H2,1-2H3,(H,69,73)/b21-20-,51-49+. The lowest BCUT2D eigenvalue weighted by Gasteiger charge is -2.46.